The maximum absolute atomic E-state index is 13.1. The van der Waals surface area contributed by atoms with E-state index in [0.717, 1.165) is 10.0 Å². The third-order valence-corrected chi connectivity index (χ3v) is 3.35. The molecule has 0 amide bonds. The molecule has 2 aromatic carbocycles. The van der Waals surface area contributed by atoms with Gasteiger partial charge >= 0.3 is 0 Å². The Kier molecular flexibility index (Phi) is 4.24. The fourth-order valence-corrected chi connectivity index (χ4v) is 2.38. The minimum absolute atomic E-state index is 0.287. The highest BCUT2D eigenvalue weighted by molar-refractivity contribution is 9.10. The summed E-state index contributed by atoms with van der Waals surface area (Å²) in [7, 11) is 0. The van der Waals surface area contributed by atoms with Crippen LogP contribution in [0.2, 0.25) is 0 Å². The molecule has 0 unspecified atom stereocenters. The minimum atomic E-state index is -0.287. The van der Waals surface area contributed by atoms with E-state index < -0.39 is 0 Å². The zero-order valence-electron chi connectivity index (χ0n) is 9.29. The molecule has 94 valence electrons. The van der Waals surface area contributed by atoms with E-state index in [2.05, 4.69) is 31.9 Å². The van der Waals surface area contributed by atoms with Gasteiger partial charge in [-0.2, -0.15) is 0 Å². The summed E-state index contributed by atoms with van der Waals surface area (Å²) in [6.07, 6.45) is 0. The molecule has 2 nitrogen and oxygen atoms in total. The van der Waals surface area contributed by atoms with Crippen molar-refractivity contribution >= 4 is 37.5 Å². The van der Waals surface area contributed by atoms with Crippen molar-refractivity contribution in [3.8, 4) is 5.75 Å². The fourth-order valence-electron chi connectivity index (χ4n) is 1.46. The Morgan fingerprint density at radius 2 is 1.89 bits per heavy atom. The van der Waals surface area contributed by atoms with Gasteiger partial charge < -0.3 is 10.5 Å². The molecule has 0 radical (unpaired) electrons. The van der Waals surface area contributed by atoms with E-state index in [1.165, 1.54) is 6.07 Å². The van der Waals surface area contributed by atoms with Crippen LogP contribution in [0, 0.1) is 5.82 Å². The summed E-state index contributed by atoms with van der Waals surface area (Å²) < 4.78 is 19.9. The van der Waals surface area contributed by atoms with E-state index in [9.17, 15) is 4.39 Å². The van der Waals surface area contributed by atoms with Crippen LogP contribution in [-0.2, 0) is 6.61 Å². The number of nitrogen functional groups attached to an aromatic ring is 1. The molecule has 0 spiro atoms. The maximum Gasteiger partial charge on any atom is 0.137 e. The molecule has 0 aliphatic heterocycles. The van der Waals surface area contributed by atoms with Crippen LogP contribution in [0.15, 0.2) is 45.3 Å². The highest BCUT2D eigenvalue weighted by Crippen LogP contribution is 2.24. The second kappa shape index (κ2) is 5.71. The molecule has 0 aromatic heterocycles. The molecule has 2 aromatic rings. The first-order valence-electron chi connectivity index (χ1n) is 5.17. The number of nitrogens with two attached hydrogens (primary N) is 1. The molecule has 0 fully saturated rings. The van der Waals surface area contributed by atoms with Crippen LogP contribution in [-0.4, -0.2) is 0 Å². The molecule has 0 saturated carbocycles. The van der Waals surface area contributed by atoms with Crippen molar-refractivity contribution in [3.63, 3.8) is 0 Å². The van der Waals surface area contributed by atoms with Gasteiger partial charge in [0, 0.05) is 16.2 Å². The Labute approximate surface area is 121 Å². The number of hydrogen-bond donors (Lipinski definition) is 1. The van der Waals surface area contributed by atoms with Gasteiger partial charge in [0.2, 0.25) is 0 Å². The minimum Gasteiger partial charge on any atom is -0.489 e. The molecule has 0 bridgehead atoms. The van der Waals surface area contributed by atoms with Gasteiger partial charge in [-0.3, -0.25) is 0 Å². The van der Waals surface area contributed by atoms with E-state index in [0.29, 0.717) is 22.5 Å². The lowest BCUT2D eigenvalue weighted by Crippen LogP contribution is -1.97. The predicted molar refractivity (Wildman–Crippen MR) is 77.0 cm³/mol. The van der Waals surface area contributed by atoms with Crippen molar-refractivity contribution < 1.29 is 9.13 Å². The summed E-state index contributed by atoms with van der Waals surface area (Å²) >= 11 is 6.48. The van der Waals surface area contributed by atoms with Crippen LogP contribution in [0.3, 0.4) is 0 Å². The third-order valence-electron chi connectivity index (χ3n) is 2.28. The van der Waals surface area contributed by atoms with E-state index in [1.54, 1.807) is 24.3 Å². The lowest BCUT2D eigenvalue weighted by atomic mass is 10.2. The average Bonchev–Trinajstić information content (AvgIpc) is 2.29. The first-order chi connectivity index (χ1) is 8.54. The Morgan fingerprint density at radius 3 is 2.56 bits per heavy atom. The normalized spacial score (nSPS) is 10.4. The Hall–Kier alpha value is -1.07. The largest absolute Gasteiger partial charge is 0.489 e. The van der Waals surface area contributed by atoms with Gasteiger partial charge in [0.1, 0.15) is 18.2 Å². The maximum atomic E-state index is 13.1. The zero-order chi connectivity index (χ0) is 13.1. The lowest BCUT2D eigenvalue weighted by molar-refractivity contribution is 0.306. The van der Waals surface area contributed by atoms with Crippen molar-refractivity contribution in [1.82, 2.24) is 0 Å². The highest BCUT2D eigenvalue weighted by atomic mass is 79.9. The molecule has 0 aliphatic carbocycles. The molecule has 0 heterocycles. The van der Waals surface area contributed by atoms with Crippen molar-refractivity contribution in [2.24, 2.45) is 0 Å². The molecule has 2 N–H and O–H groups in total. The molecule has 0 saturated heterocycles. The van der Waals surface area contributed by atoms with Crippen molar-refractivity contribution in [2.45, 2.75) is 6.61 Å². The summed E-state index contributed by atoms with van der Waals surface area (Å²) in [5.74, 6) is 0.382. The Balaban J connectivity index is 2.08. The summed E-state index contributed by atoms with van der Waals surface area (Å²) in [6.45, 7) is 0.356. The molecule has 18 heavy (non-hydrogen) atoms. The van der Waals surface area contributed by atoms with Crippen LogP contribution in [0.1, 0.15) is 5.56 Å². The Bertz CT molecular complexity index is 555. The Morgan fingerprint density at radius 1 is 1.11 bits per heavy atom. The van der Waals surface area contributed by atoms with Gasteiger partial charge in [-0.25, -0.2) is 4.39 Å². The van der Waals surface area contributed by atoms with Gasteiger partial charge in [-0.15, -0.1) is 0 Å². The van der Waals surface area contributed by atoms with Crippen LogP contribution in [0.25, 0.3) is 0 Å². The topological polar surface area (TPSA) is 35.2 Å². The quantitative estimate of drug-likeness (QED) is 0.802. The fraction of sp³-hybridized carbons (Fsp3) is 0.0769. The first kappa shape index (κ1) is 13.4. The number of anilines is 1. The van der Waals surface area contributed by atoms with E-state index in [-0.39, 0.29) is 5.82 Å². The average molecular weight is 375 g/mol. The van der Waals surface area contributed by atoms with Crippen LogP contribution >= 0.6 is 31.9 Å². The van der Waals surface area contributed by atoms with E-state index >= 15 is 0 Å². The van der Waals surface area contributed by atoms with E-state index in [1.807, 2.05) is 6.07 Å². The van der Waals surface area contributed by atoms with Crippen molar-refractivity contribution in [2.75, 3.05) is 5.73 Å². The van der Waals surface area contributed by atoms with Gasteiger partial charge in [0.05, 0.1) is 4.47 Å². The van der Waals surface area contributed by atoms with Crippen LogP contribution in [0.5, 0.6) is 5.75 Å². The molecular formula is C13H10Br2FNO. The lowest BCUT2D eigenvalue weighted by Gasteiger charge is -2.08. The van der Waals surface area contributed by atoms with Gasteiger partial charge in [-0.05, 0) is 45.8 Å². The predicted octanol–water partition coefficient (Wildman–Crippen LogP) is 4.51. The standard InChI is InChI=1S/C13H10Br2FNO/c14-9-4-10(17)6-11(5-9)18-7-8-1-2-13(16)12(15)3-8/h1-6H,7,17H2. The summed E-state index contributed by atoms with van der Waals surface area (Å²) in [4.78, 5) is 0. The van der Waals surface area contributed by atoms with Crippen LogP contribution < -0.4 is 10.5 Å². The molecule has 2 rings (SSSR count). The summed E-state index contributed by atoms with van der Waals surface area (Å²) in [5.41, 5.74) is 7.21. The van der Waals surface area contributed by atoms with Crippen LogP contribution in [0.4, 0.5) is 10.1 Å². The SMILES string of the molecule is Nc1cc(Br)cc(OCc2ccc(F)c(Br)c2)c1. The molecule has 5 heteroatoms. The third kappa shape index (κ3) is 3.46. The van der Waals surface area contributed by atoms with Gasteiger partial charge in [0.25, 0.3) is 0 Å². The zero-order valence-corrected chi connectivity index (χ0v) is 12.5. The molecular weight excluding hydrogens is 365 g/mol. The highest BCUT2D eigenvalue weighted by Gasteiger charge is 2.02. The molecule has 0 atom stereocenters. The summed E-state index contributed by atoms with van der Waals surface area (Å²) in [6, 6.07) is 10.1. The number of hydrogen-bond acceptors (Lipinski definition) is 2. The number of rotatable bonds is 3. The monoisotopic (exact) mass is 373 g/mol. The van der Waals surface area contributed by atoms with Gasteiger partial charge in [-0.1, -0.05) is 22.0 Å². The second-order valence-corrected chi connectivity index (χ2v) is 5.53. The summed E-state index contributed by atoms with van der Waals surface area (Å²) in [5, 5.41) is 0. The second-order valence-electron chi connectivity index (χ2n) is 3.76. The number of ether oxygens (including phenoxy) is 1. The van der Waals surface area contributed by atoms with Crippen molar-refractivity contribution in [3.05, 3.63) is 56.7 Å². The van der Waals surface area contributed by atoms with Gasteiger partial charge in [0.15, 0.2) is 0 Å². The number of benzene rings is 2. The number of halogens is 3. The molecule has 0 aliphatic rings. The first-order valence-corrected chi connectivity index (χ1v) is 6.76. The van der Waals surface area contributed by atoms with Crippen molar-refractivity contribution in [1.29, 1.82) is 0 Å². The smallest absolute Gasteiger partial charge is 0.137 e. The van der Waals surface area contributed by atoms with E-state index in [4.69, 9.17) is 10.5 Å².